The lowest BCUT2D eigenvalue weighted by molar-refractivity contribution is 0.233. The number of ether oxygens (including phenoxy) is 2. The Kier molecular flexibility index (Phi) is 6.73. The van der Waals surface area contributed by atoms with Crippen molar-refractivity contribution in [2.24, 2.45) is 0 Å². The van der Waals surface area contributed by atoms with Crippen molar-refractivity contribution in [1.29, 1.82) is 0 Å². The first-order chi connectivity index (χ1) is 16.1. The third-order valence-electron chi connectivity index (χ3n) is 5.50. The van der Waals surface area contributed by atoms with Gasteiger partial charge in [-0.3, -0.25) is 4.40 Å². The molecule has 2 amide bonds. The average Bonchev–Trinajstić information content (AvgIpc) is 3.28. The molecule has 0 bridgehead atoms. The molecule has 0 unspecified atom stereocenters. The third kappa shape index (κ3) is 5.23. The number of fused-ring (bicyclic) bond motifs is 1. The van der Waals surface area contributed by atoms with Gasteiger partial charge in [0, 0.05) is 6.20 Å². The van der Waals surface area contributed by atoms with Crippen LogP contribution in [0.1, 0.15) is 36.0 Å². The Bertz CT molecular complexity index is 1200. The highest BCUT2D eigenvalue weighted by Gasteiger charge is 2.20. The number of aromatic nitrogens is 3. The number of carbonyl (C=O) groups excluding carboxylic acids is 1. The molecule has 0 spiro atoms. The normalized spacial score (nSPS) is 12.7. The molecule has 2 aromatic heterocycles. The van der Waals surface area contributed by atoms with E-state index in [1.165, 1.54) is 0 Å². The van der Waals surface area contributed by atoms with E-state index in [2.05, 4.69) is 20.8 Å². The molecule has 0 radical (unpaired) electrons. The summed E-state index contributed by atoms with van der Waals surface area (Å²) < 4.78 is 12.4. The molecule has 170 valence electrons. The number of urea groups is 1. The van der Waals surface area contributed by atoms with E-state index in [-0.39, 0.29) is 18.1 Å². The number of methoxy groups -OCH3 is 2. The number of hydrogen-bond donors (Lipinski definition) is 2. The van der Waals surface area contributed by atoms with Crippen LogP contribution >= 0.6 is 0 Å². The van der Waals surface area contributed by atoms with Crippen molar-refractivity contribution in [3.8, 4) is 11.5 Å². The summed E-state index contributed by atoms with van der Waals surface area (Å²) >= 11 is 0. The molecule has 0 aliphatic carbocycles. The van der Waals surface area contributed by atoms with Gasteiger partial charge in [0.15, 0.2) is 11.5 Å². The number of hydrogen-bond acceptors (Lipinski definition) is 5. The summed E-state index contributed by atoms with van der Waals surface area (Å²) in [6, 6.07) is 20.3. The van der Waals surface area contributed by atoms with Gasteiger partial charge in [-0.2, -0.15) is 0 Å². The molecule has 33 heavy (non-hydrogen) atoms. The standard InChI is InChI=1S/C25H27N5O3/c1-17(24-29-28-23-6-4-5-15-30(23)24)26-25(31)27-22(19-9-13-21(33-3)14-10-19)16-18-7-11-20(32-2)12-8-18/h4-15,17,22H,16H2,1-3H3,(H2,26,27,31)/t17-,22+/m0/s1. The van der Waals surface area contributed by atoms with Crippen molar-refractivity contribution >= 4 is 11.7 Å². The monoisotopic (exact) mass is 445 g/mol. The van der Waals surface area contributed by atoms with Gasteiger partial charge in [0.05, 0.1) is 26.3 Å². The van der Waals surface area contributed by atoms with Gasteiger partial charge in [-0.05, 0) is 60.9 Å². The van der Waals surface area contributed by atoms with Crippen molar-refractivity contribution in [2.75, 3.05) is 14.2 Å². The van der Waals surface area contributed by atoms with E-state index in [1.54, 1.807) is 14.2 Å². The summed E-state index contributed by atoms with van der Waals surface area (Å²) in [5.41, 5.74) is 2.79. The number of nitrogens with one attached hydrogen (secondary N) is 2. The quantitative estimate of drug-likeness (QED) is 0.426. The largest absolute Gasteiger partial charge is 0.497 e. The molecule has 2 aromatic carbocycles. The Morgan fingerprint density at radius 3 is 2.24 bits per heavy atom. The minimum atomic E-state index is -0.333. The second-order valence-corrected chi connectivity index (χ2v) is 7.70. The lowest BCUT2D eigenvalue weighted by atomic mass is 9.98. The fourth-order valence-corrected chi connectivity index (χ4v) is 3.70. The van der Waals surface area contributed by atoms with Gasteiger partial charge in [-0.25, -0.2) is 4.79 Å². The van der Waals surface area contributed by atoms with Crippen LogP contribution in [0.5, 0.6) is 11.5 Å². The minimum Gasteiger partial charge on any atom is -0.497 e. The van der Waals surface area contributed by atoms with Gasteiger partial charge < -0.3 is 20.1 Å². The van der Waals surface area contributed by atoms with Gasteiger partial charge in [0.25, 0.3) is 0 Å². The second-order valence-electron chi connectivity index (χ2n) is 7.70. The molecule has 8 heteroatoms. The Morgan fingerprint density at radius 1 is 0.909 bits per heavy atom. The first-order valence-corrected chi connectivity index (χ1v) is 10.7. The molecule has 2 atom stereocenters. The third-order valence-corrected chi connectivity index (χ3v) is 5.50. The van der Waals surface area contributed by atoms with Crippen molar-refractivity contribution < 1.29 is 14.3 Å². The highest BCUT2D eigenvalue weighted by molar-refractivity contribution is 5.75. The SMILES string of the molecule is COc1ccc(C[C@@H](NC(=O)N[C@@H](C)c2nnc3ccccn23)c2ccc(OC)cc2)cc1. The summed E-state index contributed by atoms with van der Waals surface area (Å²) in [5, 5.41) is 14.5. The van der Waals surface area contributed by atoms with Crippen LogP contribution in [0.2, 0.25) is 0 Å². The Hall–Kier alpha value is -4.07. The lowest BCUT2D eigenvalue weighted by Crippen LogP contribution is -2.40. The van der Waals surface area contributed by atoms with Gasteiger partial charge >= 0.3 is 6.03 Å². The maximum atomic E-state index is 13.0. The van der Waals surface area contributed by atoms with Crippen molar-refractivity contribution in [1.82, 2.24) is 25.2 Å². The average molecular weight is 446 g/mol. The molecule has 8 nitrogen and oxygen atoms in total. The van der Waals surface area contributed by atoms with Gasteiger partial charge in [0.1, 0.15) is 11.5 Å². The van der Waals surface area contributed by atoms with Crippen molar-refractivity contribution in [3.05, 3.63) is 89.9 Å². The molecule has 0 saturated carbocycles. The molecule has 0 aliphatic rings. The molecule has 2 N–H and O–H groups in total. The van der Waals surface area contributed by atoms with E-state index in [4.69, 9.17) is 9.47 Å². The molecular formula is C25H27N5O3. The second kappa shape index (κ2) is 10.0. The maximum Gasteiger partial charge on any atom is 0.315 e. The highest BCUT2D eigenvalue weighted by atomic mass is 16.5. The number of benzene rings is 2. The van der Waals surface area contributed by atoms with Crippen LogP contribution in [0, 0.1) is 0 Å². The molecule has 4 rings (SSSR count). The lowest BCUT2D eigenvalue weighted by Gasteiger charge is -2.22. The van der Waals surface area contributed by atoms with E-state index < -0.39 is 0 Å². The van der Waals surface area contributed by atoms with Gasteiger partial charge in [-0.1, -0.05) is 30.3 Å². The summed E-state index contributed by atoms with van der Waals surface area (Å²) in [6.45, 7) is 1.88. The number of nitrogens with zero attached hydrogens (tertiary/aromatic N) is 3. The maximum absolute atomic E-state index is 13.0. The first kappa shape index (κ1) is 22.1. The highest BCUT2D eigenvalue weighted by Crippen LogP contribution is 2.23. The Morgan fingerprint density at radius 2 is 1.58 bits per heavy atom. The summed E-state index contributed by atoms with van der Waals surface area (Å²) in [5.74, 6) is 2.22. The number of amides is 2. The van der Waals surface area contributed by atoms with Crippen molar-refractivity contribution in [2.45, 2.75) is 25.4 Å². The van der Waals surface area contributed by atoms with E-state index in [1.807, 2.05) is 84.3 Å². The minimum absolute atomic E-state index is 0.244. The van der Waals surface area contributed by atoms with Crippen LogP contribution in [0.15, 0.2) is 72.9 Å². The smallest absolute Gasteiger partial charge is 0.315 e. The number of rotatable bonds is 8. The molecule has 2 heterocycles. The van der Waals surface area contributed by atoms with Crippen LogP contribution in [0.3, 0.4) is 0 Å². The van der Waals surface area contributed by atoms with E-state index in [0.717, 1.165) is 28.3 Å². The van der Waals surface area contributed by atoms with Crippen LogP contribution in [0.4, 0.5) is 4.79 Å². The predicted molar refractivity (Wildman–Crippen MR) is 126 cm³/mol. The Balaban J connectivity index is 1.50. The van der Waals surface area contributed by atoms with Crippen LogP contribution in [-0.4, -0.2) is 34.8 Å². The Labute approximate surface area is 192 Å². The number of pyridine rings is 1. The predicted octanol–water partition coefficient (Wildman–Crippen LogP) is 4.09. The molecule has 4 aromatic rings. The zero-order chi connectivity index (χ0) is 23.2. The molecular weight excluding hydrogens is 418 g/mol. The van der Waals surface area contributed by atoms with E-state index >= 15 is 0 Å². The summed E-state index contributed by atoms with van der Waals surface area (Å²) in [6.07, 6.45) is 2.50. The number of carbonyl (C=O) groups is 1. The van der Waals surface area contributed by atoms with Gasteiger partial charge in [0.2, 0.25) is 0 Å². The zero-order valence-electron chi connectivity index (χ0n) is 18.9. The molecule has 0 aliphatic heterocycles. The topological polar surface area (TPSA) is 89.8 Å². The summed E-state index contributed by atoms with van der Waals surface area (Å²) in [4.78, 5) is 13.0. The zero-order valence-corrected chi connectivity index (χ0v) is 18.9. The fourth-order valence-electron chi connectivity index (χ4n) is 3.70. The van der Waals surface area contributed by atoms with Crippen LogP contribution in [0.25, 0.3) is 5.65 Å². The van der Waals surface area contributed by atoms with E-state index in [9.17, 15) is 4.79 Å². The first-order valence-electron chi connectivity index (χ1n) is 10.7. The fraction of sp³-hybridized carbons (Fsp3) is 0.240. The summed E-state index contributed by atoms with van der Waals surface area (Å²) in [7, 11) is 3.27. The van der Waals surface area contributed by atoms with E-state index in [0.29, 0.717) is 12.2 Å². The molecule has 0 fully saturated rings. The van der Waals surface area contributed by atoms with Crippen LogP contribution in [-0.2, 0) is 6.42 Å². The van der Waals surface area contributed by atoms with Crippen molar-refractivity contribution in [3.63, 3.8) is 0 Å². The van der Waals surface area contributed by atoms with Crippen LogP contribution < -0.4 is 20.1 Å². The van der Waals surface area contributed by atoms with Gasteiger partial charge in [-0.15, -0.1) is 10.2 Å². The molecule has 0 saturated heterocycles.